The Morgan fingerprint density at radius 1 is 1.31 bits per heavy atom. The first-order chi connectivity index (χ1) is 12.4. The van der Waals surface area contributed by atoms with Crippen LogP contribution >= 0.6 is 11.3 Å². The van der Waals surface area contributed by atoms with Gasteiger partial charge in [-0.2, -0.15) is 13.2 Å². The van der Waals surface area contributed by atoms with Crippen LogP contribution in [0, 0.1) is 0 Å². The van der Waals surface area contributed by atoms with Gasteiger partial charge in [0.25, 0.3) is 0 Å². The van der Waals surface area contributed by atoms with Crippen molar-refractivity contribution in [2.75, 3.05) is 26.7 Å². The third kappa shape index (κ3) is 6.75. The molecule has 0 unspecified atom stereocenters. The van der Waals surface area contributed by atoms with Gasteiger partial charge in [-0.3, -0.25) is 0 Å². The lowest BCUT2D eigenvalue weighted by atomic mass is 9.94. The summed E-state index contributed by atoms with van der Waals surface area (Å²) in [5.74, 6) is 0.605. The van der Waals surface area contributed by atoms with Crippen LogP contribution in [-0.4, -0.2) is 48.6 Å². The van der Waals surface area contributed by atoms with Crippen molar-refractivity contribution in [3.05, 3.63) is 16.1 Å². The molecule has 26 heavy (non-hydrogen) atoms. The van der Waals surface area contributed by atoms with E-state index >= 15 is 0 Å². The summed E-state index contributed by atoms with van der Waals surface area (Å²) < 4.78 is 37.8. The molecule has 1 aromatic heterocycles. The quantitative estimate of drug-likeness (QED) is 0.552. The van der Waals surface area contributed by atoms with E-state index in [1.165, 1.54) is 32.1 Å². The van der Waals surface area contributed by atoms with Gasteiger partial charge in [-0.15, -0.1) is 11.3 Å². The smallest absolute Gasteiger partial charge is 0.357 e. The van der Waals surface area contributed by atoms with Crippen molar-refractivity contribution in [1.29, 1.82) is 0 Å². The molecule has 0 aliphatic heterocycles. The van der Waals surface area contributed by atoms with Gasteiger partial charge in [0.15, 0.2) is 11.7 Å². The Bertz CT molecular complexity index is 567. The standard InChI is InChI=1S/C17H28F3N5S/c1-3-21-16(22-9-10-25(2)13-7-5-4-6-8-13)23-11-15-24-14(12-26-15)17(18,19)20/h12-13H,3-11H2,1-2H3,(H2,21,22,23). The second-order valence-corrected chi connectivity index (χ2v) is 7.46. The third-order valence-corrected chi connectivity index (χ3v) is 5.35. The molecule has 9 heteroatoms. The molecule has 1 aliphatic rings. The highest BCUT2D eigenvalue weighted by atomic mass is 32.1. The molecular formula is C17H28F3N5S. The molecule has 2 rings (SSSR count). The molecule has 0 amide bonds. The number of hydrogen-bond donors (Lipinski definition) is 2. The number of halogens is 3. The van der Waals surface area contributed by atoms with Crippen molar-refractivity contribution in [2.24, 2.45) is 4.99 Å². The van der Waals surface area contributed by atoms with Crippen LogP contribution < -0.4 is 10.6 Å². The van der Waals surface area contributed by atoms with Gasteiger partial charge in [-0.05, 0) is 26.8 Å². The molecule has 5 nitrogen and oxygen atoms in total. The summed E-state index contributed by atoms with van der Waals surface area (Å²) in [5.41, 5.74) is -0.847. The molecule has 0 atom stereocenters. The Kier molecular flexibility index (Phi) is 8.15. The molecule has 148 valence electrons. The highest BCUT2D eigenvalue weighted by Crippen LogP contribution is 2.30. The Labute approximate surface area is 157 Å². The van der Waals surface area contributed by atoms with Crippen molar-refractivity contribution in [3.8, 4) is 0 Å². The monoisotopic (exact) mass is 391 g/mol. The SMILES string of the molecule is CCNC(=NCc1nc(C(F)(F)F)cs1)NCCN(C)C1CCCCC1. The molecule has 0 spiro atoms. The van der Waals surface area contributed by atoms with E-state index in [1.807, 2.05) is 6.92 Å². The number of nitrogens with zero attached hydrogens (tertiary/aromatic N) is 3. The van der Waals surface area contributed by atoms with Gasteiger partial charge < -0.3 is 15.5 Å². The van der Waals surface area contributed by atoms with E-state index in [-0.39, 0.29) is 6.54 Å². The number of aromatic nitrogens is 1. The van der Waals surface area contributed by atoms with Gasteiger partial charge in [-0.1, -0.05) is 19.3 Å². The highest BCUT2D eigenvalue weighted by molar-refractivity contribution is 7.09. The summed E-state index contributed by atoms with van der Waals surface area (Å²) in [5, 5.41) is 7.76. The van der Waals surface area contributed by atoms with Gasteiger partial charge in [0.1, 0.15) is 5.01 Å². The van der Waals surface area contributed by atoms with E-state index in [4.69, 9.17) is 0 Å². The number of aliphatic imine (C=N–C) groups is 1. The maximum atomic E-state index is 12.6. The number of hydrogen-bond acceptors (Lipinski definition) is 4. The molecule has 0 aromatic carbocycles. The predicted molar refractivity (Wildman–Crippen MR) is 99.4 cm³/mol. The van der Waals surface area contributed by atoms with Crippen LogP contribution in [-0.2, 0) is 12.7 Å². The Hall–Kier alpha value is -1.35. The van der Waals surface area contributed by atoms with Gasteiger partial charge in [0.2, 0.25) is 0 Å². The number of rotatable bonds is 7. The molecule has 0 radical (unpaired) electrons. The minimum atomic E-state index is -4.40. The summed E-state index contributed by atoms with van der Waals surface area (Å²) in [6.45, 7) is 4.43. The predicted octanol–water partition coefficient (Wildman–Crippen LogP) is 3.48. The molecule has 1 aliphatic carbocycles. The zero-order valence-electron chi connectivity index (χ0n) is 15.4. The first-order valence-corrected chi connectivity index (χ1v) is 10.0. The van der Waals surface area contributed by atoms with Crippen LogP contribution in [0.5, 0.6) is 0 Å². The minimum absolute atomic E-state index is 0.133. The topological polar surface area (TPSA) is 52.6 Å². The largest absolute Gasteiger partial charge is 0.434 e. The fourth-order valence-electron chi connectivity index (χ4n) is 3.06. The van der Waals surface area contributed by atoms with Crippen molar-refractivity contribution < 1.29 is 13.2 Å². The van der Waals surface area contributed by atoms with Gasteiger partial charge in [0, 0.05) is 31.1 Å². The van der Waals surface area contributed by atoms with Crippen LogP contribution in [0.4, 0.5) is 13.2 Å². The molecule has 2 N–H and O–H groups in total. The van der Waals surface area contributed by atoms with Gasteiger partial charge >= 0.3 is 6.18 Å². The van der Waals surface area contributed by atoms with E-state index in [9.17, 15) is 13.2 Å². The molecule has 0 saturated heterocycles. The second kappa shape index (κ2) is 10.1. The molecular weight excluding hydrogens is 363 g/mol. The van der Waals surface area contributed by atoms with Crippen molar-refractivity contribution in [2.45, 2.75) is 57.8 Å². The van der Waals surface area contributed by atoms with Crippen LogP contribution in [0.25, 0.3) is 0 Å². The van der Waals surface area contributed by atoms with Crippen molar-refractivity contribution >= 4 is 17.3 Å². The second-order valence-electron chi connectivity index (χ2n) is 6.52. The fraction of sp³-hybridized carbons (Fsp3) is 0.765. The number of nitrogens with one attached hydrogen (secondary N) is 2. The summed E-state index contributed by atoms with van der Waals surface area (Å²) >= 11 is 0.982. The van der Waals surface area contributed by atoms with Crippen molar-refractivity contribution in [3.63, 3.8) is 0 Å². The van der Waals surface area contributed by atoms with Crippen LogP contribution in [0.3, 0.4) is 0 Å². The maximum Gasteiger partial charge on any atom is 0.434 e. The zero-order valence-corrected chi connectivity index (χ0v) is 16.2. The van der Waals surface area contributed by atoms with Gasteiger partial charge in [0.05, 0.1) is 6.54 Å². The summed E-state index contributed by atoms with van der Waals surface area (Å²) in [4.78, 5) is 10.3. The molecule has 0 bridgehead atoms. The Morgan fingerprint density at radius 3 is 2.65 bits per heavy atom. The average Bonchev–Trinajstić information content (AvgIpc) is 3.10. The number of guanidine groups is 1. The molecule has 1 fully saturated rings. The number of alkyl halides is 3. The van der Waals surface area contributed by atoms with E-state index in [2.05, 4.69) is 32.6 Å². The van der Waals surface area contributed by atoms with E-state index in [1.54, 1.807) is 0 Å². The lowest BCUT2D eigenvalue weighted by Gasteiger charge is -2.31. The number of thiazole rings is 1. The maximum absolute atomic E-state index is 12.6. The first kappa shape index (κ1) is 21.0. The van der Waals surface area contributed by atoms with Crippen LogP contribution in [0.1, 0.15) is 49.7 Å². The average molecular weight is 392 g/mol. The summed E-state index contributed by atoms with van der Waals surface area (Å²) in [6.07, 6.45) is 2.07. The Morgan fingerprint density at radius 2 is 2.04 bits per heavy atom. The van der Waals surface area contributed by atoms with E-state index in [0.29, 0.717) is 23.6 Å². The highest BCUT2D eigenvalue weighted by Gasteiger charge is 2.33. The summed E-state index contributed by atoms with van der Waals surface area (Å²) in [6, 6.07) is 0.654. The first-order valence-electron chi connectivity index (χ1n) is 9.14. The minimum Gasteiger partial charge on any atom is -0.357 e. The lowest BCUT2D eigenvalue weighted by Crippen LogP contribution is -2.43. The van der Waals surface area contributed by atoms with Crippen LogP contribution in [0.15, 0.2) is 10.4 Å². The Balaban J connectivity index is 1.81. The number of likely N-dealkylation sites (N-methyl/N-ethyl adjacent to an activating group) is 1. The molecule has 1 aromatic rings. The lowest BCUT2D eigenvalue weighted by molar-refractivity contribution is -0.140. The fourth-order valence-corrected chi connectivity index (χ4v) is 3.78. The third-order valence-electron chi connectivity index (χ3n) is 4.51. The normalized spacial score (nSPS) is 16.9. The van der Waals surface area contributed by atoms with Crippen LogP contribution in [0.2, 0.25) is 0 Å². The van der Waals surface area contributed by atoms with E-state index in [0.717, 1.165) is 29.8 Å². The van der Waals surface area contributed by atoms with E-state index < -0.39 is 11.9 Å². The molecule has 1 heterocycles. The summed E-state index contributed by atoms with van der Waals surface area (Å²) in [7, 11) is 2.15. The van der Waals surface area contributed by atoms with Gasteiger partial charge in [-0.25, -0.2) is 9.98 Å². The zero-order chi connectivity index (χ0) is 19.0. The van der Waals surface area contributed by atoms with Crippen molar-refractivity contribution in [1.82, 2.24) is 20.5 Å². The molecule has 1 saturated carbocycles.